The van der Waals surface area contributed by atoms with Crippen molar-refractivity contribution in [3.8, 4) is 0 Å². The van der Waals surface area contributed by atoms with E-state index in [4.69, 9.17) is 0 Å². The van der Waals surface area contributed by atoms with Crippen LogP contribution in [0.1, 0.15) is 32.1 Å². The molecule has 0 saturated carbocycles. The number of rotatable bonds is 6. The fraction of sp³-hybridized carbons (Fsp3) is 0.778. The minimum Gasteiger partial charge on any atom is -0.292 e. The number of H-pyrrole nitrogens is 1. The Bertz CT molecular complexity index is 339. The summed E-state index contributed by atoms with van der Waals surface area (Å²) in [5, 5.41) is 16.4. The molecule has 0 radical (unpaired) electrons. The molecule has 2 rings (SSSR count). The van der Waals surface area contributed by atoms with Crippen LogP contribution >= 0.6 is 21.6 Å². The summed E-state index contributed by atoms with van der Waals surface area (Å²) in [6.45, 7) is 0. The molecule has 17 heavy (non-hydrogen) atoms. The lowest BCUT2D eigenvalue weighted by molar-refractivity contribution is -0.116. The van der Waals surface area contributed by atoms with Crippen LogP contribution in [0.3, 0.4) is 0 Å². The Morgan fingerprint density at radius 3 is 3.18 bits per heavy atom. The van der Waals surface area contributed by atoms with Gasteiger partial charge >= 0.3 is 0 Å². The number of aromatic nitrogens is 4. The van der Waals surface area contributed by atoms with Gasteiger partial charge in [0, 0.05) is 17.4 Å². The van der Waals surface area contributed by atoms with Gasteiger partial charge in [-0.1, -0.05) is 33.1 Å². The average molecular weight is 273 g/mol. The van der Waals surface area contributed by atoms with Gasteiger partial charge in [-0.25, -0.2) is 0 Å². The first-order valence-corrected chi connectivity index (χ1v) is 8.04. The molecular weight excluding hydrogens is 258 g/mol. The summed E-state index contributed by atoms with van der Waals surface area (Å²) >= 11 is 0. The number of carbonyl (C=O) groups is 1. The first-order valence-electron chi connectivity index (χ1n) is 5.66. The second kappa shape index (κ2) is 6.85. The lowest BCUT2D eigenvalue weighted by Gasteiger charge is -2.06. The maximum atomic E-state index is 11.5. The first-order chi connectivity index (χ1) is 8.34. The summed E-state index contributed by atoms with van der Waals surface area (Å²) in [6, 6.07) is 0. The highest BCUT2D eigenvalue weighted by atomic mass is 33.1. The molecule has 0 aromatic carbocycles. The normalized spacial score (nSPS) is 19.4. The molecule has 1 amide bonds. The topological polar surface area (TPSA) is 83.6 Å². The summed E-state index contributed by atoms with van der Waals surface area (Å²) in [5.74, 6) is 1.48. The smallest absolute Gasteiger partial charge is 0.269 e. The monoisotopic (exact) mass is 273 g/mol. The molecule has 2 heterocycles. The molecule has 1 saturated heterocycles. The summed E-state index contributed by atoms with van der Waals surface area (Å²) in [6.07, 6.45) is 5.08. The van der Waals surface area contributed by atoms with Crippen LogP contribution in [-0.2, 0) is 4.79 Å². The lowest BCUT2D eigenvalue weighted by Crippen LogP contribution is -2.12. The van der Waals surface area contributed by atoms with Crippen LogP contribution in [0.15, 0.2) is 0 Å². The van der Waals surface area contributed by atoms with Gasteiger partial charge in [0.1, 0.15) is 0 Å². The minimum absolute atomic E-state index is 0.0418. The van der Waals surface area contributed by atoms with Crippen LogP contribution in [0.5, 0.6) is 0 Å². The number of hydrogen-bond donors (Lipinski definition) is 2. The highest BCUT2D eigenvalue weighted by molar-refractivity contribution is 8.77. The largest absolute Gasteiger partial charge is 0.292 e. The summed E-state index contributed by atoms with van der Waals surface area (Å²) in [5.41, 5.74) is 0. The Balaban J connectivity index is 1.54. The molecule has 2 N–H and O–H groups in total. The number of amides is 1. The lowest BCUT2D eigenvalue weighted by atomic mass is 10.1. The van der Waals surface area contributed by atoms with E-state index < -0.39 is 0 Å². The van der Waals surface area contributed by atoms with Gasteiger partial charge in [-0.2, -0.15) is 5.21 Å². The zero-order chi connectivity index (χ0) is 11.9. The van der Waals surface area contributed by atoms with Crippen molar-refractivity contribution in [2.24, 2.45) is 0 Å². The third-order valence-electron chi connectivity index (χ3n) is 2.50. The van der Waals surface area contributed by atoms with E-state index in [9.17, 15) is 4.79 Å². The van der Waals surface area contributed by atoms with Crippen LogP contribution in [0.25, 0.3) is 0 Å². The molecule has 0 aliphatic carbocycles. The Labute approximate surface area is 107 Å². The van der Waals surface area contributed by atoms with Gasteiger partial charge < -0.3 is 0 Å². The molecule has 94 valence electrons. The molecule has 8 heteroatoms. The van der Waals surface area contributed by atoms with E-state index in [1.54, 1.807) is 0 Å². The second-order valence-electron chi connectivity index (χ2n) is 3.86. The predicted molar refractivity (Wildman–Crippen MR) is 69.7 cm³/mol. The van der Waals surface area contributed by atoms with Crippen molar-refractivity contribution in [2.45, 2.75) is 37.4 Å². The van der Waals surface area contributed by atoms with E-state index in [2.05, 4.69) is 25.9 Å². The zero-order valence-electron chi connectivity index (χ0n) is 9.39. The fourth-order valence-corrected chi connectivity index (χ4v) is 4.65. The number of hydrogen-bond acceptors (Lipinski definition) is 6. The number of nitrogens with zero attached hydrogens (tertiary/aromatic N) is 3. The fourth-order valence-electron chi connectivity index (χ4n) is 1.62. The Morgan fingerprint density at radius 1 is 1.53 bits per heavy atom. The quantitative estimate of drug-likeness (QED) is 0.608. The van der Waals surface area contributed by atoms with Crippen molar-refractivity contribution >= 4 is 33.4 Å². The summed E-state index contributed by atoms with van der Waals surface area (Å²) < 4.78 is 0. The molecule has 1 aromatic heterocycles. The van der Waals surface area contributed by atoms with Crippen LogP contribution in [0, 0.1) is 0 Å². The van der Waals surface area contributed by atoms with E-state index >= 15 is 0 Å². The van der Waals surface area contributed by atoms with Crippen LogP contribution < -0.4 is 5.32 Å². The molecule has 1 aromatic rings. The van der Waals surface area contributed by atoms with E-state index in [0.717, 1.165) is 18.1 Å². The number of aromatic amines is 1. The number of unbranched alkanes of at least 4 members (excludes halogenated alkanes) is 1. The molecular formula is C9H15N5OS2. The van der Waals surface area contributed by atoms with Crippen molar-refractivity contribution in [1.82, 2.24) is 20.6 Å². The van der Waals surface area contributed by atoms with E-state index in [1.165, 1.54) is 18.6 Å². The SMILES string of the molecule is O=C(CCCC[C@H]1CCSS1)Nc1nn[nH]n1. The minimum atomic E-state index is -0.0418. The number of carbonyl (C=O) groups excluding carboxylic acids is 1. The molecule has 1 aliphatic heterocycles. The van der Waals surface area contributed by atoms with Crippen molar-refractivity contribution in [1.29, 1.82) is 0 Å². The first kappa shape index (κ1) is 12.7. The molecule has 0 spiro atoms. The highest BCUT2D eigenvalue weighted by Crippen LogP contribution is 2.39. The Kier molecular flexibility index (Phi) is 5.11. The Morgan fingerprint density at radius 2 is 2.47 bits per heavy atom. The Hall–Kier alpha value is -0.760. The summed E-state index contributed by atoms with van der Waals surface area (Å²) in [7, 11) is 3.95. The van der Waals surface area contributed by atoms with Gasteiger partial charge in [0.05, 0.1) is 0 Å². The van der Waals surface area contributed by atoms with Crippen molar-refractivity contribution in [2.75, 3.05) is 11.1 Å². The number of nitrogens with one attached hydrogen (secondary N) is 2. The van der Waals surface area contributed by atoms with Gasteiger partial charge in [-0.05, 0) is 24.5 Å². The van der Waals surface area contributed by atoms with Gasteiger partial charge in [-0.3, -0.25) is 10.1 Å². The van der Waals surface area contributed by atoms with Crippen molar-refractivity contribution in [3.63, 3.8) is 0 Å². The molecule has 1 aliphatic rings. The third kappa shape index (κ3) is 4.55. The van der Waals surface area contributed by atoms with E-state index in [1.807, 2.05) is 21.6 Å². The standard InChI is InChI=1S/C9H15N5OS2/c15-8(10-9-11-13-14-12-9)4-2-1-3-7-5-6-16-17-7/h7H,1-6H2,(H2,10,11,12,13,14,15)/t7-/m0/s1. The average Bonchev–Trinajstić information content (AvgIpc) is 2.96. The number of anilines is 1. The molecule has 0 bridgehead atoms. The maximum absolute atomic E-state index is 11.5. The van der Waals surface area contributed by atoms with E-state index in [0.29, 0.717) is 6.42 Å². The third-order valence-corrected chi connectivity index (χ3v) is 5.51. The van der Waals surface area contributed by atoms with Crippen molar-refractivity contribution < 1.29 is 4.79 Å². The van der Waals surface area contributed by atoms with Crippen LogP contribution in [-0.4, -0.2) is 37.5 Å². The van der Waals surface area contributed by atoms with Gasteiger partial charge in [0.25, 0.3) is 5.95 Å². The predicted octanol–water partition coefficient (Wildman–Crippen LogP) is 1.85. The maximum Gasteiger partial charge on any atom is 0.269 e. The molecule has 0 unspecified atom stereocenters. The van der Waals surface area contributed by atoms with Crippen molar-refractivity contribution in [3.05, 3.63) is 0 Å². The van der Waals surface area contributed by atoms with Gasteiger partial charge in [0.15, 0.2) is 0 Å². The highest BCUT2D eigenvalue weighted by Gasteiger charge is 2.15. The zero-order valence-corrected chi connectivity index (χ0v) is 11.0. The number of tetrazole rings is 1. The second-order valence-corrected chi connectivity index (χ2v) is 6.65. The molecule has 1 atom stereocenters. The summed E-state index contributed by atoms with van der Waals surface area (Å²) in [4.78, 5) is 11.5. The van der Waals surface area contributed by atoms with Crippen LogP contribution in [0.4, 0.5) is 5.95 Å². The van der Waals surface area contributed by atoms with Gasteiger partial charge in [-0.15, -0.1) is 5.10 Å². The molecule has 6 nitrogen and oxygen atoms in total. The van der Waals surface area contributed by atoms with Gasteiger partial charge in [0.2, 0.25) is 5.91 Å². The molecule has 1 fully saturated rings. The van der Waals surface area contributed by atoms with Crippen LogP contribution in [0.2, 0.25) is 0 Å². The van der Waals surface area contributed by atoms with E-state index in [-0.39, 0.29) is 11.9 Å².